The Morgan fingerprint density at radius 2 is 2.04 bits per heavy atom. The number of anilines is 1. The molecule has 1 aliphatic rings. The normalized spacial score (nSPS) is 15.7. The minimum absolute atomic E-state index is 0.00880. The maximum atomic E-state index is 12.6. The lowest BCUT2D eigenvalue weighted by Gasteiger charge is -2.13. The molecule has 3 rings (SSSR count). The number of rotatable bonds is 3. The Balaban J connectivity index is 1.91. The van der Waals surface area contributed by atoms with Gasteiger partial charge in [0.25, 0.3) is 11.5 Å². The molecule has 0 saturated heterocycles. The summed E-state index contributed by atoms with van der Waals surface area (Å²) >= 11 is 5.79. The van der Waals surface area contributed by atoms with Crippen molar-refractivity contribution < 1.29 is 14.3 Å². The largest absolute Gasteiger partial charge is 0.467 e. The highest BCUT2D eigenvalue weighted by Crippen LogP contribution is 2.24. The van der Waals surface area contributed by atoms with E-state index in [1.165, 1.54) is 17.9 Å². The monoisotopic (exact) mass is 347 g/mol. The van der Waals surface area contributed by atoms with Crippen LogP contribution < -0.4 is 10.9 Å². The van der Waals surface area contributed by atoms with Crippen LogP contribution in [0.15, 0.2) is 35.3 Å². The van der Waals surface area contributed by atoms with Crippen LogP contribution in [0.1, 0.15) is 28.6 Å². The van der Waals surface area contributed by atoms with Gasteiger partial charge in [-0.2, -0.15) is 0 Å². The molecule has 1 N–H and O–H groups in total. The van der Waals surface area contributed by atoms with Crippen molar-refractivity contribution in [3.8, 4) is 0 Å². The average Bonchev–Trinajstić information content (AvgIpc) is 3.02. The number of esters is 1. The van der Waals surface area contributed by atoms with Crippen molar-refractivity contribution in [2.75, 3.05) is 12.4 Å². The first-order valence-corrected chi connectivity index (χ1v) is 7.64. The fraction of sp³-hybridized carbons (Fsp3) is 0.250. The lowest BCUT2D eigenvalue weighted by Crippen LogP contribution is -2.31. The van der Waals surface area contributed by atoms with Gasteiger partial charge in [0.1, 0.15) is 17.6 Å². The van der Waals surface area contributed by atoms with E-state index < -0.39 is 23.5 Å². The summed E-state index contributed by atoms with van der Waals surface area (Å²) in [6.45, 7) is 0. The lowest BCUT2D eigenvalue weighted by atomic mass is 10.2. The van der Waals surface area contributed by atoms with Gasteiger partial charge in [-0.15, -0.1) is 0 Å². The molecule has 0 aliphatic carbocycles. The van der Waals surface area contributed by atoms with Crippen molar-refractivity contribution in [1.82, 2.24) is 9.55 Å². The zero-order valence-corrected chi connectivity index (χ0v) is 13.5. The second kappa shape index (κ2) is 6.45. The number of fused-ring (bicyclic) bond motifs is 1. The molecule has 1 aromatic heterocycles. The van der Waals surface area contributed by atoms with Gasteiger partial charge in [-0.25, -0.2) is 9.78 Å². The van der Waals surface area contributed by atoms with Crippen molar-refractivity contribution in [3.05, 3.63) is 57.2 Å². The third-order valence-corrected chi connectivity index (χ3v) is 4.10. The number of aryl methyl sites for hydroxylation is 1. The Hall–Kier alpha value is -2.67. The molecule has 124 valence electrons. The summed E-state index contributed by atoms with van der Waals surface area (Å²) in [5, 5.41) is 3.03. The minimum Gasteiger partial charge on any atom is -0.467 e. The zero-order chi connectivity index (χ0) is 17.3. The topological polar surface area (TPSA) is 90.3 Å². The Bertz CT molecular complexity index is 861. The number of aromatic nitrogens is 2. The number of methoxy groups -OCH3 is 1. The van der Waals surface area contributed by atoms with Gasteiger partial charge in [0, 0.05) is 17.0 Å². The van der Waals surface area contributed by atoms with Gasteiger partial charge in [-0.1, -0.05) is 11.6 Å². The fourth-order valence-electron chi connectivity index (χ4n) is 2.65. The molecular weight excluding hydrogens is 334 g/mol. The van der Waals surface area contributed by atoms with Crippen molar-refractivity contribution in [3.63, 3.8) is 0 Å². The number of hydrogen-bond donors (Lipinski definition) is 1. The van der Waals surface area contributed by atoms with E-state index in [1.54, 1.807) is 24.3 Å². The number of benzene rings is 1. The van der Waals surface area contributed by atoms with E-state index in [0.717, 1.165) is 0 Å². The van der Waals surface area contributed by atoms with E-state index in [9.17, 15) is 14.4 Å². The summed E-state index contributed by atoms with van der Waals surface area (Å²) in [5.74, 6) is -0.461. The maximum Gasteiger partial charge on any atom is 0.329 e. The van der Waals surface area contributed by atoms with Crippen molar-refractivity contribution >= 4 is 29.2 Å². The predicted octanol–water partition coefficient (Wildman–Crippen LogP) is 1.81. The molecule has 0 bridgehead atoms. The van der Waals surface area contributed by atoms with E-state index >= 15 is 0 Å². The first-order chi connectivity index (χ1) is 11.5. The summed E-state index contributed by atoms with van der Waals surface area (Å²) in [4.78, 5) is 40.8. The fourth-order valence-corrected chi connectivity index (χ4v) is 2.77. The van der Waals surface area contributed by atoms with E-state index in [4.69, 9.17) is 16.3 Å². The molecule has 2 aromatic rings. The number of amides is 1. The first-order valence-electron chi connectivity index (χ1n) is 7.26. The lowest BCUT2D eigenvalue weighted by molar-refractivity contribution is -0.144. The third kappa shape index (κ3) is 2.90. The molecule has 2 heterocycles. The van der Waals surface area contributed by atoms with Gasteiger partial charge in [-0.05, 0) is 30.7 Å². The second-order valence-corrected chi connectivity index (χ2v) is 5.74. The van der Waals surface area contributed by atoms with E-state index in [2.05, 4.69) is 10.3 Å². The molecular formula is C16H14ClN3O4. The Kier molecular flexibility index (Phi) is 4.35. The Morgan fingerprint density at radius 3 is 2.71 bits per heavy atom. The summed E-state index contributed by atoms with van der Waals surface area (Å²) in [7, 11) is 1.27. The Morgan fingerprint density at radius 1 is 1.33 bits per heavy atom. The number of halogens is 1. The van der Waals surface area contributed by atoms with Crippen molar-refractivity contribution in [2.24, 2.45) is 0 Å². The van der Waals surface area contributed by atoms with Crippen molar-refractivity contribution in [2.45, 2.75) is 18.9 Å². The highest BCUT2D eigenvalue weighted by Gasteiger charge is 2.32. The molecule has 0 spiro atoms. The van der Waals surface area contributed by atoms with Gasteiger partial charge in [0.2, 0.25) is 0 Å². The van der Waals surface area contributed by atoms with Crippen LogP contribution in [0.25, 0.3) is 0 Å². The maximum absolute atomic E-state index is 12.6. The number of carbonyl (C=O) groups excluding carboxylic acids is 2. The highest BCUT2D eigenvalue weighted by atomic mass is 35.5. The van der Waals surface area contributed by atoms with Gasteiger partial charge in [-0.3, -0.25) is 14.2 Å². The van der Waals surface area contributed by atoms with Crippen LogP contribution >= 0.6 is 11.6 Å². The Labute approximate surface area is 142 Å². The third-order valence-electron chi connectivity index (χ3n) is 3.85. The van der Waals surface area contributed by atoms with Gasteiger partial charge in [0.15, 0.2) is 0 Å². The van der Waals surface area contributed by atoms with Crippen LogP contribution in [0.2, 0.25) is 5.02 Å². The molecule has 1 atom stereocenters. The van der Waals surface area contributed by atoms with Crippen LogP contribution in [0.5, 0.6) is 0 Å². The van der Waals surface area contributed by atoms with Crippen LogP contribution in [-0.4, -0.2) is 28.5 Å². The van der Waals surface area contributed by atoms with E-state index in [1.807, 2.05) is 0 Å². The van der Waals surface area contributed by atoms with Crippen LogP contribution in [0.4, 0.5) is 5.69 Å². The van der Waals surface area contributed by atoms with Crippen molar-refractivity contribution in [1.29, 1.82) is 0 Å². The quantitative estimate of drug-likeness (QED) is 0.855. The van der Waals surface area contributed by atoms with Crippen LogP contribution in [-0.2, 0) is 16.0 Å². The van der Waals surface area contributed by atoms with Gasteiger partial charge < -0.3 is 10.1 Å². The molecule has 1 aromatic carbocycles. The molecule has 8 heteroatoms. The molecule has 0 saturated carbocycles. The minimum atomic E-state index is -0.711. The number of carbonyl (C=O) groups is 2. The summed E-state index contributed by atoms with van der Waals surface area (Å²) in [5.41, 5.74) is -0.112. The summed E-state index contributed by atoms with van der Waals surface area (Å²) < 4.78 is 6.00. The molecule has 0 fully saturated rings. The number of nitrogens with zero attached hydrogens (tertiary/aromatic N) is 2. The molecule has 1 amide bonds. The van der Waals surface area contributed by atoms with E-state index in [-0.39, 0.29) is 5.69 Å². The smallest absolute Gasteiger partial charge is 0.329 e. The molecule has 0 radical (unpaired) electrons. The van der Waals surface area contributed by atoms with Crippen LogP contribution in [0, 0.1) is 0 Å². The predicted molar refractivity (Wildman–Crippen MR) is 87.3 cm³/mol. The standard InChI is InChI=1S/C16H14ClN3O4/c1-24-16(23)12-6-7-13-18-8-11(15(22)20(12)13)19-14(21)9-2-4-10(17)5-3-9/h2-5,8,12H,6-7H2,1H3,(H,19,21)/t12-/m0/s1. The zero-order valence-electron chi connectivity index (χ0n) is 12.8. The first kappa shape index (κ1) is 16.2. The second-order valence-electron chi connectivity index (χ2n) is 5.30. The van der Waals surface area contributed by atoms with E-state index in [0.29, 0.717) is 29.3 Å². The summed E-state index contributed by atoms with van der Waals surface area (Å²) in [6.07, 6.45) is 2.26. The average molecular weight is 348 g/mol. The molecule has 1 aliphatic heterocycles. The molecule has 24 heavy (non-hydrogen) atoms. The van der Waals surface area contributed by atoms with Gasteiger partial charge in [0.05, 0.1) is 13.3 Å². The number of ether oxygens (including phenoxy) is 1. The number of nitrogens with one attached hydrogen (secondary N) is 1. The SMILES string of the molecule is COC(=O)[C@@H]1CCc2ncc(NC(=O)c3ccc(Cl)cc3)c(=O)n21. The summed E-state index contributed by atoms with van der Waals surface area (Å²) in [6, 6.07) is 5.55. The highest BCUT2D eigenvalue weighted by molar-refractivity contribution is 6.30. The van der Waals surface area contributed by atoms with Gasteiger partial charge >= 0.3 is 5.97 Å². The molecule has 7 nitrogen and oxygen atoms in total. The van der Waals surface area contributed by atoms with Crippen LogP contribution in [0.3, 0.4) is 0 Å². The molecule has 0 unspecified atom stereocenters. The number of hydrogen-bond acceptors (Lipinski definition) is 5.